The van der Waals surface area contributed by atoms with Crippen LogP contribution < -0.4 is 0 Å². The first kappa shape index (κ1) is 20.3. The molecule has 0 aliphatic rings. The first-order valence-corrected chi connectivity index (χ1v) is 7.47. The standard InChI is InChI=1S/C17H28O5/c1-8-12(14(15(19)21-6)16(20)22-7)11(2)13(18)9-10-17(3,4)5/h9-12,14H,8H2,1-7H3/b10-9+. The summed E-state index contributed by atoms with van der Waals surface area (Å²) >= 11 is 0. The van der Waals surface area contributed by atoms with Gasteiger partial charge in [-0.1, -0.05) is 47.1 Å². The third-order valence-corrected chi connectivity index (χ3v) is 3.65. The van der Waals surface area contributed by atoms with E-state index in [0.29, 0.717) is 6.42 Å². The van der Waals surface area contributed by atoms with E-state index < -0.39 is 29.7 Å². The number of carbonyl (C=O) groups excluding carboxylic acids is 3. The number of rotatable bonds is 7. The molecule has 5 heteroatoms. The highest BCUT2D eigenvalue weighted by Crippen LogP contribution is 2.28. The summed E-state index contributed by atoms with van der Waals surface area (Å²) in [6.07, 6.45) is 3.84. The van der Waals surface area contributed by atoms with Crippen molar-refractivity contribution in [2.45, 2.75) is 41.0 Å². The minimum Gasteiger partial charge on any atom is -0.468 e. The third kappa shape index (κ3) is 6.00. The Kier molecular flexibility index (Phi) is 8.06. The maximum absolute atomic E-state index is 12.3. The molecule has 0 saturated heterocycles. The highest BCUT2D eigenvalue weighted by atomic mass is 16.5. The van der Waals surface area contributed by atoms with Crippen LogP contribution in [0.15, 0.2) is 12.2 Å². The summed E-state index contributed by atoms with van der Waals surface area (Å²) in [6, 6.07) is 0. The van der Waals surface area contributed by atoms with Gasteiger partial charge in [-0.2, -0.15) is 0 Å². The molecule has 2 atom stereocenters. The van der Waals surface area contributed by atoms with Gasteiger partial charge in [0.05, 0.1) is 14.2 Å². The number of esters is 2. The zero-order valence-corrected chi connectivity index (χ0v) is 14.6. The van der Waals surface area contributed by atoms with Crippen molar-refractivity contribution in [2.24, 2.45) is 23.2 Å². The normalized spacial score (nSPS) is 14.7. The Morgan fingerprint density at radius 2 is 1.50 bits per heavy atom. The number of ether oxygens (including phenoxy) is 2. The highest BCUT2D eigenvalue weighted by Gasteiger charge is 2.40. The molecule has 0 fully saturated rings. The van der Waals surface area contributed by atoms with Crippen molar-refractivity contribution in [3.05, 3.63) is 12.2 Å². The summed E-state index contributed by atoms with van der Waals surface area (Å²) in [5.74, 6) is -3.47. The zero-order valence-electron chi connectivity index (χ0n) is 14.6. The molecule has 0 amide bonds. The molecule has 0 aromatic heterocycles. The van der Waals surface area contributed by atoms with Crippen molar-refractivity contribution in [1.29, 1.82) is 0 Å². The Bertz CT molecular complexity index is 415. The number of allylic oxidation sites excluding steroid dienone is 2. The lowest BCUT2D eigenvalue weighted by Crippen LogP contribution is -2.38. The van der Waals surface area contributed by atoms with Crippen LogP contribution >= 0.6 is 0 Å². The molecule has 126 valence electrons. The fourth-order valence-corrected chi connectivity index (χ4v) is 2.27. The molecule has 0 saturated carbocycles. The Balaban J connectivity index is 5.35. The van der Waals surface area contributed by atoms with E-state index in [-0.39, 0.29) is 11.2 Å². The first-order chi connectivity index (χ1) is 10.1. The van der Waals surface area contributed by atoms with Gasteiger partial charge < -0.3 is 9.47 Å². The molecular weight excluding hydrogens is 284 g/mol. The van der Waals surface area contributed by atoms with Crippen molar-refractivity contribution >= 4 is 17.7 Å². The van der Waals surface area contributed by atoms with Crippen LogP contribution in [0.2, 0.25) is 0 Å². The zero-order chi connectivity index (χ0) is 17.5. The van der Waals surface area contributed by atoms with Gasteiger partial charge in [-0.15, -0.1) is 0 Å². The molecule has 0 aliphatic heterocycles. The largest absolute Gasteiger partial charge is 0.468 e. The van der Waals surface area contributed by atoms with Gasteiger partial charge in [0, 0.05) is 5.92 Å². The minimum absolute atomic E-state index is 0.110. The van der Waals surface area contributed by atoms with E-state index in [2.05, 4.69) is 0 Å². The molecular formula is C17H28O5. The van der Waals surface area contributed by atoms with E-state index in [1.807, 2.05) is 33.8 Å². The highest BCUT2D eigenvalue weighted by molar-refractivity contribution is 5.97. The fourth-order valence-electron chi connectivity index (χ4n) is 2.27. The molecule has 0 spiro atoms. The van der Waals surface area contributed by atoms with Crippen LogP contribution in [0.1, 0.15) is 41.0 Å². The summed E-state index contributed by atoms with van der Waals surface area (Å²) in [5, 5.41) is 0. The van der Waals surface area contributed by atoms with Crippen molar-refractivity contribution in [3.8, 4) is 0 Å². The van der Waals surface area contributed by atoms with Gasteiger partial charge in [0.2, 0.25) is 0 Å². The van der Waals surface area contributed by atoms with E-state index in [1.165, 1.54) is 20.3 Å². The number of methoxy groups -OCH3 is 2. The molecule has 0 bridgehead atoms. The van der Waals surface area contributed by atoms with Crippen LogP contribution in [0, 0.1) is 23.2 Å². The van der Waals surface area contributed by atoms with Gasteiger partial charge in [-0.05, 0) is 17.4 Å². The number of hydrogen-bond acceptors (Lipinski definition) is 5. The van der Waals surface area contributed by atoms with Gasteiger partial charge in [-0.25, -0.2) is 0 Å². The van der Waals surface area contributed by atoms with E-state index in [9.17, 15) is 14.4 Å². The Morgan fingerprint density at radius 1 is 1.05 bits per heavy atom. The number of hydrogen-bond donors (Lipinski definition) is 0. The SMILES string of the molecule is CCC(C(C)C(=O)/C=C/C(C)(C)C)C(C(=O)OC)C(=O)OC. The minimum atomic E-state index is -1.08. The predicted octanol–water partition coefficient (Wildman–Crippen LogP) is 2.78. The van der Waals surface area contributed by atoms with E-state index in [4.69, 9.17) is 9.47 Å². The molecule has 0 radical (unpaired) electrons. The Hall–Kier alpha value is -1.65. The summed E-state index contributed by atoms with van der Waals surface area (Å²) in [7, 11) is 2.44. The van der Waals surface area contributed by atoms with Gasteiger partial charge in [0.25, 0.3) is 0 Å². The van der Waals surface area contributed by atoms with Crippen LogP contribution in [0.3, 0.4) is 0 Å². The molecule has 0 aromatic rings. The summed E-state index contributed by atoms with van der Waals surface area (Å²) in [5.41, 5.74) is -0.110. The lowest BCUT2D eigenvalue weighted by molar-refractivity contribution is -0.162. The molecule has 0 aromatic carbocycles. The van der Waals surface area contributed by atoms with E-state index in [1.54, 1.807) is 6.92 Å². The van der Waals surface area contributed by atoms with Crippen LogP contribution in [0.25, 0.3) is 0 Å². The quantitative estimate of drug-likeness (QED) is 0.411. The predicted molar refractivity (Wildman–Crippen MR) is 84.1 cm³/mol. The first-order valence-electron chi connectivity index (χ1n) is 7.47. The van der Waals surface area contributed by atoms with E-state index in [0.717, 1.165) is 0 Å². The smallest absolute Gasteiger partial charge is 0.320 e. The summed E-state index contributed by atoms with van der Waals surface area (Å²) in [6.45, 7) is 9.53. The van der Waals surface area contributed by atoms with Crippen molar-refractivity contribution in [1.82, 2.24) is 0 Å². The molecule has 0 aliphatic carbocycles. The molecule has 0 rings (SSSR count). The van der Waals surface area contributed by atoms with Crippen LogP contribution in [0.5, 0.6) is 0 Å². The van der Waals surface area contributed by atoms with Gasteiger partial charge in [-0.3, -0.25) is 14.4 Å². The average Bonchev–Trinajstić information content (AvgIpc) is 2.47. The van der Waals surface area contributed by atoms with Crippen LogP contribution in [0.4, 0.5) is 0 Å². The van der Waals surface area contributed by atoms with E-state index >= 15 is 0 Å². The third-order valence-electron chi connectivity index (χ3n) is 3.65. The molecule has 22 heavy (non-hydrogen) atoms. The molecule has 0 N–H and O–H groups in total. The maximum atomic E-state index is 12.3. The maximum Gasteiger partial charge on any atom is 0.320 e. The molecule has 5 nitrogen and oxygen atoms in total. The second kappa shape index (κ2) is 8.71. The van der Waals surface area contributed by atoms with Gasteiger partial charge in [0.1, 0.15) is 0 Å². The Labute approximate surface area is 133 Å². The second-order valence-corrected chi connectivity index (χ2v) is 6.49. The summed E-state index contributed by atoms with van der Waals surface area (Å²) in [4.78, 5) is 36.1. The van der Waals surface area contributed by atoms with Gasteiger partial charge >= 0.3 is 11.9 Å². The van der Waals surface area contributed by atoms with Crippen molar-refractivity contribution in [2.75, 3.05) is 14.2 Å². The number of ketones is 1. The lowest BCUT2D eigenvalue weighted by Gasteiger charge is -2.26. The Morgan fingerprint density at radius 3 is 1.82 bits per heavy atom. The molecule has 2 unspecified atom stereocenters. The topological polar surface area (TPSA) is 69.7 Å². The van der Waals surface area contributed by atoms with Crippen molar-refractivity contribution in [3.63, 3.8) is 0 Å². The number of carbonyl (C=O) groups is 3. The lowest BCUT2D eigenvalue weighted by atomic mass is 9.78. The van der Waals surface area contributed by atoms with Crippen LogP contribution in [-0.2, 0) is 23.9 Å². The summed E-state index contributed by atoms with van der Waals surface area (Å²) < 4.78 is 9.39. The van der Waals surface area contributed by atoms with Crippen LogP contribution in [-0.4, -0.2) is 31.9 Å². The molecule has 0 heterocycles. The fraction of sp³-hybridized carbons (Fsp3) is 0.706. The van der Waals surface area contributed by atoms with Crippen molar-refractivity contribution < 1.29 is 23.9 Å². The second-order valence-electron chi connectivity index (χ2n) is 6.49. The average molecular weight is 312 g/mol. The van der Waals surface area contributed by atoms with Gasteiger partial charge in [0.15, 0.2) is 11.7 Å². The monoisotopic (exact) mass is 312 g/mol.